The van der Waals surface area contributed by atoms with Crippen LogP contribution in [0.25, 0.3) is 0 Å². The molecule has 3 nitrogen and oxygen atoms in total. The molecule has 2 rings (SSSR count). The fraction of sp³-hybridized carbons (Fsp3) is 0.524. The third-order valence-corrected chi connectivity index (χ3v) is 7.47. The summed E-state index contributed by atoms with van der Waals surface area (Å²) < 4.78 is 14.1. The molecule has 25 heavy (non-hydrogen) atoms. The van der Waals surface area contributed by atoms with Gasteiger partial charge in [-0.15, -0.1) is 0 Å². The third-order valence-electron chi connectivity index (χ3n) is 4.80. The average molecular weight is 364 g/mol. The van der Waals surface area contributed by atoms with E-state index in [2.05, 4.69) is 26.8 Å². The van der Waals surface area contributed by atoms with E-state index in [9.17, 15) is 9.00 Å². The standard InChI is InChI=1S/C11H18O.C10H15NOS/c1-9(2)5-4-6-11(3)7-10(11)8-12;1-4-13(12,11(2)3)10-8-6-5-7-9-10/h5,8,10H,4,6-7H2,1-3H3;4-9H,1-3H3/t10-,11?;/m1./s1. The van der Waals surface area contributed by atoms with Crippen LogP contribution in [0.5, 0.6) is 0 Å². The first-order valence-electron chi connectivity index (χ1n) is 8.84. The Morgan fingerprint density at radius 1 is 1.28 bits per heavy atom. The van der Waals surface area contributed by atoms with Gasteiger partial charge in [-0.25, -0.2) is 8.51 Å². The molecule has 1 fully saturated rings. The van der Waals surface area contributed by atoms with E-state index in [0.717, 1.165) is 24.0 Å². The van der Waals surface area contributed by atoms with Crippen LogP contribution in [0.4, 0.5) is 0 Å². The largest absolute Gasteiger partial charge is 0.303 e. The number of carbonyl (C=O) groups excluding carboxylic acids is 1. The molecule has 0 aliphatic heterocycles. The second kappa shape index (κ2) is 9.35. The van der Waals surface area contributed by atoms with Gasteiger partial charge in [0.25, 0.3) is 0 Å². The van der Waals surface area contributed by atoms with Crippen LogP contribution < -0.4 is 0 Å². The van der Waals surface area contributed by atoms with Crippen molar-refractivity contribution in [1.82, 2.24) is 4.31 Å². The first-order chi connectivity index (χ1) is 11.7. The number of carbonyl (C=O) groups is 1. The van der Waals surface area contributed by atoms with Gasteiger partial charge in [0.05, 0.1) is 9.71 Å². The van der Waals surface area contributed by atoms with E-state index in [0.29, 0.717) is 11.3 Å². The van der Waals surface area contributed by atoms with Crippen molar-refractivity contribution in [2.45, 2.75) is 51.9 Å². The Labute approximate surface area is 154 Å². The van der Waals surface area contributed by atoms with Gasteiger partial charge in [-0.05, 0) is 77.0 Å². The molecule has 3 atom stereocenters. The summed E-state index contributed by atoms with van der Waals surface area (Å²) in [7, 11) is 1.54. The number of nitrogens with zero attached hydrogens (tertiary/aromatic N) is 1. The molecule has 0 radical (unpaired) electrons. The van der Waals surface area contributed by atoms with Crippen LogP contribution in [0.2, 0.25) is 0 Å². The van der Waals surface area contributed by atoms with E-state index < -0.39 is 9.71 Å². The monoisotopic (exact) mass is 363 g/mol. The lowest BCUT2D eigenvalue weighted by Crippen LogP contribution is -2.23. The van der Waals surface area contributed by atoms with Gasteiger partial charge in [0, 0.05) is 10.8 Å². The van der Waals surface area contributed by atoms with Crippen LogP contribution >= 0.6 is 0 Å². The van der Waals surface area contributed by atoms with Crippen LogP contribution in [0.1, 0.15) is 47.0 Å². The summed E-state index contributed by atoms with van der Waals surface area (Å²) in [5, 5.41) is 1.75. The summed E-state index contributed by atoms with van der Waals surface area (Å²) in [5.74, 6) is 0.350. The Morgan fingerprint density at radius 2 is 1.88 bits per heavy atom. The topological polar surface area (TPSA) is 37.4 Å². The zero-order valence-corrected chi connectivity index (χ0v) is 17.3. The van der Waals surface area contributed by atoms with Crippen molar-refractivity contribution < 1.29 is 9.00 Å². The van der Waals surface area contributed by atoms with Crippen molar-refractivity contribution in [2.75, 3.05) is 14.1 Å². The zero-order valence-electron chi connectivity index (χ0n) is 16.5. The minimum atomic E-state index is -2.11. The molecule has 0 aromatic heterocycles. The Bertz CT molecular complexity index is 696. The van der Waals surface area contributed by atoms with Gasteiger partial charge in [-0.3, -0.25) is 0 Å². The molecule has 1 aliphatic rings. The lowest BCUT2D eigenvalue weighted by Gasteiger charge is -2.17. The molecule has 0 bridgehead atoms. The third kappa shape index (κ3) is 6.12. The Balaban J connectivity index is 0.000000251. The Hall–Kier alpha value is -1.39. The summed E-state index contributed by atoms with van der Waals surface area (Å²) in [4.78, 5) is 11.3. The van der Waals surface area contributed by atoms with Gasteiger partial charge in [-0.1, -0.05) is 36.8 Å². The van der Waals surface area contributed by atoms with E-state index in [1.165, 1.54) is 12.0 Å². The quantitative estimate of drug-likeness (QED) is 0.421. The maximum absolute atomic E-state index is 12.3. The molecule has 0 heterocycles. The zero-order chi connectivity index (χ0) is 19.1. The van der Waals surface area contributed by atoms with Crippen LogP contribution in [0.15, 0.2) is 46.9 Å². The lowest BCUT2D eigenvalue weighted by atomic mass is 9.99. The highest BCUT2D eigenvalue weighted by atomic mass is 32.2. The summed E-state index contributed by atoms with van der Waals surface area (Å²) in [6.07, 6.45) is 6.77. The normalized spacial score (nSPS) is 23.7. The van der Waals surface area contributed by atoms with E-state index in [1.807, 2.05) is 51.4 Å². The minimum Gasteiger partial charge on any atom is -0.303 e. The van der Waals surface area contributed by atoms with Crippen molar-refractivity contribution >= 4 is 21.4 Å². The van der Waals surface area contributed by atoms with Gasteiger partial charge in [0.15, 0.2) is 0 Å². The second-order valence-corrected chi connectivity index (χ2v) is 10.2. The smallest absolute Gasteiger partial charge is 0.123 e. The molecule has 1 aromatic carbocycles. The van der Waals surface area contributed by atoms with E-state index in [-0.39, 0.29) is 0 Å². The molecular weight excluding hydrogens is 330 g/mol. The van der Waals surface area contributed by atoms with Gasteiger partial charge in [0.2, 0.25) is 0 Å². The molecule has 4 heteroatoms. The molecule has 0 saturated heterocycles. The molecule has 0 N–H and O–H groups in total. The van der Waals surface area contributed by atoms with Gasteiger partial charge in [0.1, 0.15) is 6.29 Å². The molecule has 2 unspecified atom stereocenters. The number of allylic oxidation sites excluding steroid dienone is 2. The summed E-state index contributed by atoms with van der Waals surface area (Å²) in [5.41, 5.74) is 1.72. The molecule has 0 amide bonds. The van der Waals surface area contributed by atoms with Crippen LogP contribution in [0.3, 0.4) is 0 Å². The summed E-state index contributed by atoms with van der Waals surface area (Å²) in [6, 6.07) is 9.52. The molecule has 1 saturated carbocycles. The fourth-order valence-corrected chi connectivity index (χ4v) is 4.47. The number of hydrogen-bond donors (Lipinski definition) is 0. The van der Waals surface area contributed by atoms with Crippen molar-refractivity contribution in [3.63, 3.8) is 0 Å². The first-order valence-corrected chi connectivity index (χ1v) is 10.4. The second-order valence-electron chi connectivity index (χ2n) is 7.35. The predicted octanol–water partition coefficient (Wildman–Crippen LogP) is 4.59. The average Bonchev–Trinajstić information content (AvgIpc) is 3.25. The van der Waals surface area contributed by atoms with E-state index in [1.54, 1.807) is 9.67 Å². The van der Waals surface area contributed by atoms with E-state index in [4.69, 9.17) is 0 Å². The van der Waals surface area contributed by atoms with Crippen LogP contribution in [-0.4, -0.2) is 34.3 Å². The molecule has 0 spiro atoms. The highest BCUT2D eigenvalue weighted by molar-refractivity contribution is 7.99. The van der Waals surface area contributed by atoms with E-state index >= 15 is 0 Å². The van der Waals surface area contributed by atoms with Gasteiger partial charge >= 0.3 is 0 Å². The molecular formula is C21H33NO2S. The highest BCUT2D eigenvalue weighted by Gasteiger charge is 2.48. The maximum Gasteiger partial charge on any atom is 0.123 e. The minimum absolute atomic E-state index is 0.341. The summed E-state index contributed by atoms with van der Waals surface area (Å²) in [6.45, 7) is 8.28. The van der Waals surface area contributed by atoms with Crippen LogP contribution in [-0.2, 0) is 14.5 Å². The summed E-state index contributed by atoms with van der Waals surface area (Å²) >= 11 is 0. The number of aldehydes is 1. The first kappa shape index (κ1) is 21.7. The molecule has 140 valence electrons. The Kier molecular flexibility index (Phi) is 8.10. The highest BCUT2D eigenvalue weighted by Crippen LogP contribution is 2.54. The maximum atomic E-state index is 12.3. The number of hydrogen-bond acceptors (Lipinski definition) is 2. The van der Waals surface area contributed by atoms with Gasteiger partial charge < -0.3 is 4.79 Å². The van der Waals surface area contributed by atoms with Crippen molar-refractivity contribution in [3.8, 4) is 0 Å². The Morgan fingerprint density at radius 3 is 2.28 bits per heavy atom. The molecule has 1 aromatic rings. The van der Waals surface area contributed by atoms with Crippen molar-refractivity contribution in [1.29, 1.82) is 0 Å². The van der Waals surface area contributed by atoms with Crippen molar-refractivity contribution in [2.24, 2.45) is 11.3 Å². The fourth-order valence-electron chi connectivity index (χ4n) is 2.81. The number of rotatable bonds is 6. The van der Waals surface area contributed by atoms with Crippen LogP contribution in [0, 0.1) is 11.3 Å². The van der Waals surface area contributed by atoms with Crippen molar-refractivity contribution in [3.05, 3.63) is 42.0 Å². The SMILES string of the molecule is CC(C)=CCCC1(C)C[C@@H]1C=O.CC=S(=O)(c1ccccc1)N(C)C. The lowest BCUT2D eigenvalue weighted by molar-refractivity contribution is -0.109. The molecule has 1 aliphatic carbocycles. The van der Waals surface area contributed by atoms with Gasteiger partial charge in [-0.2, -0.15) is 0 Å². The number of benzene rings is 1. The predicted molar refractivity (Wildman–Crippen MR) is 109 cm³/mol.